The Morgan fingerprint density at radius 1 is 1.14 bits per heavy atom. The van der Waals surface area contributed by atoms with Crippen molar-refractivity contribution in [3.05, 3.63) is 54.3 Å². The Bertz CT molecular complexity index is 1110. The predicted octanol–water partition coefficient (Wildman–Crippen LogP) is 2.39. The first-order valence-corrected chi connectivity index (χ1v) is 9.42. The van der Waals surface area contributed by atoms with E-state index in [4.69, 9.17) is 9.47 Å². The molecule has 0 bridgehead atoms. The van der Waals surface area contributed by atoms with Crippen LogP contribution in [0.15, 0.2) is 31.9 Å². The zero-order valence-electron chi connectivity index (χ0n) is 16.0. The summed E-state index contributed by atoms with van der Waals surface area (Å²) in [5.41, 5.74) is -0.240. The minimum Gasteiger partial charge on any atom is -0.493 e. The molecule has 1 aromatic carbocycles. The number of rotatable bonds is 5. The van der Waals surface area contributed by atoms with Crippen molar-refractivity contribution in [1.29, 1.82) is 0 Å². The highest BCUT2D eigenvalue weighted by atomic mass is 79.9. The average molecular weight is 450 g/mol. The van der Waals surface area contributed by atoms with Crippen molar-refractivity contribution in [1.82, 2.24) is 9.13 Å². The van der Waals surface area contributed by atoms with Crippen molar-refractivity contribution < 1.29 is 14.3 Å². The third-order valence-corrected chi connectivity index (χ3v) is 5.20. The third kappa shape index (κ3) is 3.15. The van der Waals surface area contributed by atoms with Gasteiger partial charge in [-0.1, -0.05) is 22.9 Å². The molecule has 9 heteroatoms. The second-order valence-electron chi connectivity index (χ2n) is 6.26. The van der Waals surface area contributed by atoms with Gasteiger partial charge in [0, 0.05) is 18.1 Å². The molecule has 2 aromatic rings. The summed E-state index contributed by atoms with van der Waals surface area (Å²) in [5, 5.41) is 2.96. The molecular formula is C19H20BrN3O5. The molecule has 0 atom stereocenters. The Labute approximate surface area is 169 Å². The number of aromatic nitrogens is 2. The van der Waals surface area contributed by atoms with Crippen LogP contribution in [0, 0.1) is 0 Å². The second kappa shape index (κ2) is 7.67. The van der Waals surface area contributed by atoms with Gasteiger partial charge in [-0.15, -0.1) is 0 Å². The van der Waals surface area contributed by atoms with E-state index >= 15 is 0 Å². The summed E-state index contributed by atoms with van der Waals surface area (Å²) in [6.45, 7) is 2.31. The molecule has 2 heterocycles. The number of ether oxygens (including phenoxy) is 2. The lowest BCUT2D eigenvalue weighted by Gasteiger charge is -2.12. The highest BCUT2D eigenvalue weighted by Crippen LogP contribution is 2.35. The maximum absolute atomic E-state index is 12.9. The molecule has 0 unspecified atom stereocenters. The zero-order valence-corrected chi connectivity index (χ0v) is 17.5. The summed E-state index contributed by atoms with van der Waals surface area (Å²) in [4.78, 5) is 37.8. The van der Waals surface area contributed by atoms with Gasteiger partial charge in [0.05, 0.1) is 19.9 Å². The first kappa shape index (κ1) is 19.9. The number of fused-ring (bicyclic) bond motifs is 1. The Hall–Kier alpha value is -2.81. The van der Waals surface area contributed by atoms with E-state index < -0.39 is 17.0 Å². The molecule has 1 aromatic heterocycles. The van der Waals surface area contributed by atoms with Crippen LogP contribution in [-0.4, -0.2) is 29.1 Å². The zero-order chi connectivity index (χ0) is 20.6. The molecule has 148 valence electrons. The standard InChI is InChI=1S/C19H20BrN3O5/c1-5-6-23-17-15(18(25)22(2)19(23)26)16(24)12(21-17)7-10-8-13(27-3)14(28-4)9-11(10)20/h7-9,21H,5-6H2,1-4H3/b12-7-. The summed E-state index contributed by atoms with van der Waals surface area (Å²) in [5.74, 6) is 0.820. The van der Waals surface area contributed by atoms with E-state index in [0.717, 1.165) is 4.57 Å². The predicted molar refractivity (Wildman–Crippen MR) is 109 cm³/mol. The van der Waals surface area contributed by atoms with Gasteiger partial charge in [-0.05, 0) is 30.2 Å². The van der Waals surface area contributed by atoms with Crippen LogP contribution in [0.5, 0.6) is 11.5 Å². The normalized spacial score (nSPS) is 14.2. The van der Waals surface area contributed by atoms with E-state index in [9.17, 15) is 14.4 Å². The van der Waals surface area contributed by atoms with Crippen LogP contribution in [0.4, 0.5) is 5.82 Å². The molecule has 0 radical (unpaired) electrons. The van der Waals surface area contributed by atoms with E-state index in [1.807, 2.05) is 6.92 Å². The number of ketones is 1. The van der Waals surface area contributed by atoms with E-state index in [2.05, 4.69) is 21.2 Å². The van der Waals surface area contributed by atoms with Crippen LogP contribution in [0.2, 0.25) is 0 Å². The minimum atomic E-state index is -0.611. The lowest BCUT2D eigenvalue weighted by atomic mass is 10.1. The summed E-state index contributed by atoms with van der Waals surface area (Å²) in [7, 11) is 4.42. The number of methoxy groups -OCH3 is 2. The highest BCUT2D eigenvalue weighted by molar-refractivity contribution is 9.10. The number of hydrogen-bond acceptors (Lipinski definition) is 6. The minimum absolute atomic E-state index is 0.0293. The molecule has 0 saturated carbocycles. The Morgan fingerprint density at radius 2 is 1.79 bits per heavy atom. The number of nitrogens with zero attached hydrogens (tertiary/aromatic N) is 2. The number of carbonyl (C=O) groups excluding carboxylic acids is 1. The number of allylic oxidation sites excluding steroid dienone is 1. The quantitative estimate of drug-likeness (QED) is 0.704. The van der Waals surface area contributed by atoms with E-state index in [1.54, 1.807) is 18.2 Å². The lowest BCUT2D eigenvalue weighted by Crippen LogP contribution is -2.40. The fourth-order valence-corrected chi connectivity index (χ4v) is 3.53. The second-order valence-corrected chi connectivity index (χ2v) is 7.12. The van der Waals surface area contributed by atoms with Gasteiger partial charge in [-0.2, -0.15) is 0 Å². The summed E-state index contributed by atoms with van der Waals surface area (Å²) < 4.78 is 13.6. The third-order valence-electron chi connectivity index (χ3n) is 4.52. The number of anilines is 1. The number of hydrogen-bond donors (Lipinski definition) is 1. The summed E-state index contributed by atoms with van der Waals surface area (Å²) >= 11 is 3.45. The van der Waals surface area contributed by atoms with Gasteiger partial charge in [-0.25, -0.2) is 4.79 Å². The Morgan fingerprint density at radius 3 is 2.39 bits per heavy atom. The molecular weight excluding hydrogens is 430 g/mol. The van der Waals surface area contributed by atoms with Crippen LogP contribution in [0.1, 0.15) is 29.3 Å². The van der Waals surface area contributed by atoms with Gasteiger partial charge in [0.15, 0.2) is 11.5 Å². The molecule has 0 spiro atoms. The monoisotopic (exact) mass is 449 g/mol. The molecule has 1 aliphatic rings. The number of halogens is 1. The Balaban J connectivity index is 2.16. The number of Topliss-reactive ketones (excluding diaryl/α,β-unsaturated/α-hetero) is 1. The molecule has 3 rings (SSSR count). The summed E-state index contributed by atoms with van der Waals surface area (Å²) in [6, 6.07) is 3.44. The van der Waals surface area contributed by atoms with Gasteiger partial charge >= 0.3 is 5.69 Å². The van der Waals surface area contributed by atoms with E-state index in [-0.39, 0.29) is 17.1 Å². The van der Waals surface area contributed by atoms with Crippen LogP contribution in [0.3, 0.4) is 0 Å². The number of benzene rings is 1. The van der Waals surface area contributed by atoms with E-state index in [1.165, 1.54) is 25.8 Å². The van der Waals surface area contributed by atoms with Crippen molar-refractivity contribution >= 4 is 33.6 Å². The van der Waals surface area contributed by atoms with Gasteiger partial charge in [0.2, 0.25) is 5.78 Å². The van der Waals surface area contributed by atoms with Crippen LogP contribution < -0.4 is 26.0 Å². The average Bonchev–Trinajstić information content (AvgIpc) is 3.00. The van der Waals surface area contributed by atoms with Crippen molar-refractivity contribution in [3.63, 3.8) is 0 Å². The van der Waals surface area contributed by atoms with Crippen molar-refractivity contribution in [3.8, 4) is 11.5 Å². The topological polar surface area (TPSA) is 91.6 Å². The largest absolute Gasteiger partial charge is 0.493 e. The van der Waals surface area contributed by atoms with Gasteiger partial charge < -0.3 is 14.8 Å². The van der Waals surface area contributed by atoms with Crippen molar-refractivity contribution in [2.75, 3.05) is 19.5 Å². The fourth-order valence-electron chi connectivity index (χ4n) is 3.09. The molecule has 1 N–H and O–H groups in total. The lowest BCUT2D eigenvalue weighted by molar-refractivity contribution is 0.104. The van der Waals surface area contributed by atoms with Gasteiger partial charge in [0.1, 0.15) is 11.4 Å². The molecule has 0 amide bonds. The molecule has 0 aliphatic carbocycles. The van der Waals surface area contributed by atoms with Gasteiger partial charge in [-0.3, -0.25) is 18.7 Å². The molecule has 8 nitrogen and oxygen atoms in total. The highest BCUT2D eigenvalue weighted by Gasteiger charge is 2.32. The SMILES string of the molecule is CCCn1c2c(c(=O)n(C)c1=O)C(=O)/C(=C/c1cc(OC)c(OC)cc1Br)N2. The first-order chi connectivity index (χ1) is 13.3. The van der Waals surface area contributed by atoms with Crippen LogP contribution in [-0.2, 0) is 13.6 Å². The van der Waals surface area contributed by atoms with Crippen molar-refractivity contribution in [2.45, 2.75) is 19.9 Å². The maximum Gasteiger partial charge on any atom is 0.332 e. The van der Waals surface area contributed by atoms with E-state index in [0.29, 0.717) is 34.5 Å². The van der Waals surface area contributed by atoms with Crippen LogP contribution >= 0.6 is 15.9 Å². The summed E-state index contributed by atoms with van der Waals surface area (Å²) in [6.07, 6.45) is 2.29. The van der Waals surface area contributed by atoms with Crippen LogP contribution in [0.25, 0.3) is 6.08 Å². The number of nitrogens with one attached hydrogen (secondary N) is 1. The maximum atomic E-state index is 12.9. The Kier molecular flexibility index (Phi) is 5.46. The first-order valence-electron chi connectivity index (χ1n) is 8.62. The van der Waals surface area contributed by atoms with Crippen molar-refractivity contribution in [2.24, 2.45) is 7.05 Å². The fraction of sp³-hybridized carbons (Fsp3) is 0.316. The smallest absolute Gasteiger partial charge is 0.332 e. The molecule has 1 aliphatic heterocycles. The van der Waals surface area contributed by atoms with Gasteiger partial charge in [0.25, 0.3) is 5.56 Å². The number of carbonyl (C=O) groups is 1. The molecule has 28 heavy (non-hydrogen) atoms. The molecule has 0 fully saturated rings. The molecule has 0 saturated heterocycles.